The molecular weight excluding hydrogens is 172 g/mol. The zero-order valence-electron chi connectivity index (χ0n) is 7.32. The fraction of sp³-hybridized carbons (Fsp3) is 0.714. The van der Waals surface area contributed by atoms with Crippen LogP contribution in [0.15, 0.2) is 0 Å². The Morgan fingerprint density at radius 2 is 2.15 bits per heavy atom. The van der Waals surface area contributed by atoms with E-state index in [1.807, 2.05) is 0 Å². The summed E-state index contributed by atoms with van der Waals surface area (Å²) < 4.78 is 0. The molecular formula is C7H14N4O2. The molecule has 0 aromatic carbocycles. The Bertz CT molecular complexity index is 219. The molecule has 1 atom stereocenters. The SMILES string of the molecule is NC(=O)CN1CCNCC1C(N)=O. The summed E-state index contributed by atoms with van der Waals surface area (Å²) in [5.41, 5.74) is 10.2. The standard InChI is InChI=1S/C7H14N4O2/c8-6(12)4-11-2-1-10-3-5(11)7(9)13/h5,10H,1-4H2,(H2,8,12)(H2,9,13). The lowest BCUT2D eigenvalue weighted by Gasteiger charge is -2.32. The van der Waals surface area contributed by atoms with E-state index >= 15 is 0 Å². The van der Waals surface area contributed by atoms with Crippen molar-refractivity contribution in [2.45, 2.75) is 6.04 Å². The Morgan fingerprint density at radius 1 is 1.46 bits per heavy atom. The van der Waals surface area contributed by atoms with Gasteiger partial charge in [0.1, 0.15) is 6.04 Å². The van der Waals surface area contributed by atoms with Crippen molar-refractivity contribution in [3.8, 4) is 0 Å². The van der Waals surface area contributed by atoms with E-state index in [0.29, 0.717) is 13.1 Å². The van der Waals surface area contributed by atoms with Gasteiger partial charge in [0.05, 0.1) is 6.54 Å². The maximum absolute atomic E-state index is 10.9. The van der Waals surface area contributed by atoms with Crippen molar-refractivity contribution in [3.63, 3.8) is 0 Å². The van der Waals surface area contributed by atoms with Gasteiger partial charge in [0.2, 0.25) is 11.8 Å². The molecule has 5 N–H and O–H groups in total. The van der Waals surface area contributed by atoms with Crippen molar-refractivity contribution in [3.05, 3.63) is 0 Å². The molecule has 1 saturated heterocycles. The second-order valence-corrected chi connectivity index (χ2v) is 3.06. The van der Waals surface area contributed by atoms with Gasteiger partial charge in [-0.1, -0.05) is 0 Å². The first-order valence-electron chi connectivity index (χ1n) is 4.13. The van der Waals surface area contributed by atoms with E-state index in [-0.39, 0.29) is 6.54 Å². The fourth-order valence-corrected chi connectivity index (χ4v) is 1.42. The average Bonchev–Trinajstić information content (AvgIpc) is 2.03. The summed E-state index contributed by atoms with van der Waals surface area (Å²) in [7, 11) is 0. The topological polar surface area (TPSA) is 101 Å². The van der Waals surface area contributed by atoms with Gasteiger partial charge in [-0.05, 0) is 0 Å². The number of rotatable bonds is 3. The number of carbonyl (C=O) groups excluding carboxylic acids is 2. The van der Waals surface area contributed by atoms with Gasteiger partial charge in [-0.2, -0.15) is 0 Å². The molecule has 1 unspecified atom stereocenters. The normalized spacial score (nSPS) is 24.2. The average molecular weight is 186 g/mol. The van der Waals surface area contributed by atoms with Crippen LogP contribution in [-0.2, 0) is 9.59 Å². The lowest BCUT2D eigenvalue weighted by atomic mass is 10.2. The molecule has 1 heterocycles. The number of hydrogen-bond donors (Lipinski definition) is 3. The number of hydrogen-bond acceptors (Lipinski definition) is 4. The maximum Gasteiger partial charge on any atom is 0.236 e. The molecule has 0 radical (unpaired) electrons. The minimum atomic E-state index is -0.437. The van der Waals surface area contributed by atoms with E-state index in [1.54, 1.807) is 4.90 Å². The van der Waals surface area contributed by atoms with Gasteiger partial charge in [0.15, 0.2) is 0 Å². The molecule has 0 bridgehead atoms. The molecule has 6 heteroatoms. The third-order valence-corrected chi connectivity index (χ3v) is 2.04. The predicted octanol–water partition coefficient (Wildman–Crippen LogP) is -2.77. The van der Waals surface area contributed by atoms with Gasteiger partial charge in [-0.3, -0.25) is 14.5 Å². The zero-order valence-corrected chi connectivity index (χ0v) is 7.32. The van der Waals surface area contributed by atoms with Crippen LogP contribution in [0, 0.1) is 0 Å². The molecule has 0 spiro atoms. The molecule has 0 saturated carbocycles. The number of amides is 2. The van der Waals surface area contributed by atoms with Crippen molar-refractivity contribution in [1.29, 1.82) is 0 Å². The minimum absolute atomic E-state index is 0.0925. The molecule has 1 fully saturated rings. The molecule has 1 aliphatic heterocycles. The first kappa shape index (κ1) is 9.94. The predicted molar refractivity (Wildman–Crippen MR) is 46.6 cm³/mol. The summed E-state index contributed by atoms with van der Waals surface area (Å²) in [6.45, 7) is 1.95. The smallest absolute Gasteiger partial charge is 0.236 e. The summed E-state index contributed by atoms with van der Waals surface area (Å²) in [6, 6.07) is -0.416. The summed E-state index contributed by atoms with van der Waals surface area (Å²) in [6.07, 6.45) is 0. The van der Waals surface area contributed by atoms with Crippen LogP contribution in [0.3, 0.4) is 0 Å². The molecule has 6 nitrogen and oxygen atoms in total. The number of nitrogens with two attached hydrogens (primary N) is 2. The molecule has 2 amide bonds. The van der Waals surface area contributed by atoms with Crippen molar-refractivity contribution >= 4 is 11.8 Å². The maximum atomic E-state index is 10.9. The quantitative estimate of drug-likeness (QED) is 0.444. The minimum Gasteiger partial charge on any atom is -0.369 e. The second kappa shape index (κ2) is 4.20. The van der Waals surface area contributed by atoms with E-state index in [4.69, 9.17) is 11.5 Å². The van der Waals surface area contributed by atoms with Crippen LogP contribution >= 0.6 is 0 Å². The zero-order chi connectivity index (χ0) is 9.84. The number of carbonyl (C=O) groups is 2. The van der Waals surface area contributed by atoms with Crippen molar-refractivity contribution in [2.24, 2.45) is 11.5 Å². The van der Waals surface area contributed by atoms with E-state index < -0.39 is 17.9 Å². The van der Waals surface area contributed by atoms with Crippen LogP contribution in [0.5, 0.6) is 0 Å². The van der Waals surface area contributed by atoms with E-state index in [1.165, 1.54) is 0 Å². The first-order valence-corrected chi connectivity index (χ1v) is 4.13. The van der Waals surface area contributed by atoms with E-state index in [2.05, 4.69) is 5.32 Å². The molecule has 0 aliphatic carbocycles. The largest absolute Gasteiger partial charge is 0.369 e. The molecule has 1 aliphatic rings. The highest BCUT2D eigenvalue weighted by molar-refractivity contribution is 5.82. The lowest BCUT2D eigenvalue weighted by Crippen LogP contribution is -2.58. The summed E-state index contributed by atoms with van der Waals surface area (Å²) in [5, 5.41) is 3.02. The summed E-state index contributed by atoms with van der Waals surface area (Å²) in [5.74, 6) is -0.860. The third kappa shape index (κ3) is 2.67. The summed E-state index contributed by atoms with van der Waals surface area (Å²) in [4.78, 5) is 23.3. The van der Waals surface area contributed by atoms with Gasteiger partial charge >= 0.3 is 0 Å². The van der Waals surface area contributed by atoms with Gasteiger partial charge in [0.25, 0.3) is 0 Å². The van der Waals surface area contributed by atoms with Crippen LogP contribution < -0.4 is 16.8 Å². The molecule has 1 rings (SSSR count). The number of nitrogens with one attached hydrogen (secondary N) is 1. The number of nitrogens with zero attached hydrogens (tertiary/aromatic N) is 1. The van der Waals surface area contributed by atoms with Crippen LogP contribution in [-0.4, -0.2) is 48.9 Å². The highest BCUT2D eigenvalue weighted by atomic mass is 16.2. The molecule has 74 valence electrons. The Hall–Kier alpha value is -1.14. The highest BCUT2D eigenvalue weighted by Crippen LogP contribution is 2.01. The van der Waals surface area contributed by atoms with E-state index in [0.717, 1.165) is 6.54 Å². The van der Waals surface area contributed by atoms with Gasteiger partial charge in [-0.15, -0.1) is 0 Å². The Morgan fingerprint density at radius 3 is 2.69 bits per heavy atom. The van der Waals surface area contributed by atoms with Crippen LogP contribution in [0.25, 0.3) is 0 Å². The fourth-order valence-electron chi connectivity index (χ4n) is 1.42. The number of primary amides is 2. The van der Waals surface area contributed by atoms with Crippen molar-refractivity contribution in [2.75, 3.05) is 26.2 Å². The monoisotopic (exact) mass is 186 g/mol. The summed E-state index contributed by atoms with van der Waals surface area (Å²) >= 11 is 0. The van der Waals surface area contributed by atoms with Crippen LogP contribution in [0.4, 0.5) is 0 Å². The van der Waals surface area contributed by atoms with E-state index in [9.17, 15) is 9.59 Å². The lowest BCUT2D eigenvalue weighted by molar-refractivity contribution is -0.126. The molecule has 13 heavy (non-hydrogen) atoms. The molecule has 0 aromatic heterocycles. The number of piperazine rings is 1. The van der Waals surface area contributed by atoms with Crippen molar-refractivity contribution in [1.82, 2.24) is 10.2 Å². The molecule has 0 aromatic rings. The third-order valence-electron chi connectivity index (χ3n) is 2.04. The highest BCUT2D eigenvalue weighted by Gasteiger charge is 2.27. The Balaban J connectivity index is 2.56. The first-order chi connectivity index (χ1) is 6.11. The second-order valence-electron chi connectivity index (χ2n) is 3.06. The van der Waals surface area contributed by atoms with Crippen molar-refractivity contribution < 1.29 is 9.59 Å². The Labute approximate surface area is 76.2 Å². The van der Waals surface area contributed by atoms with Crippen LogP contribution in [0.2, 0.25) is 0 Å². The van der Waals surface area contributed by atoms with Crippen LogP contribution in [0.1, 0.15) is 0 Å². The van der Waals surface area contributed by atoms with Gasteiger partial charge < -0.3 is 16.8 Å². The van der Waals surface area contributed by atoms with Gasteiger partial charge in [-0.25, -0.2) is 0 Å². The Kier molecular flexibility index (Phi) is 3.21. The van der Waals surface area contributed by atoms with Gasteiger partial charge in [0, 0.05) is 19.6 Å².